The molecule has 184 valence electrons. The van der Waals surface area contributed by atoms with E-state index in [-0.39, 0.29) is 5.56 Å². The average molecular weight is 493 g/mol. The fraction of sp³-hybridized carbons (Fsp3) is 0.423. The lowest BCUT2D eigenvalue weighted by Crippen LogP contribution is -2.47. The van der Waals surface area contributed by atoms with Gasteiger partial charge in [-0.05, 0) is 61.0 Å². The summed E-state index contributed by atoms with van der Waals surface area (Å²) in [6.07, 6.45) is 0.904. The Hall–Kier alpha value is -3.17. The Morgan fingerprint density at radius 3 is 2.43 bits per heavy atom. The molecule has 0 radical (unpaired) electrons. The molecule has 0 N–H and O–H groups in total. The number of nitrogens with zero attached hydrogens (tertiary/aromatic N) is 6. The molecule has 1 aliphatic rings. The molecule has 0 amide bonds. The van der Waals surface area contributed by atoms with Crippen LogP contribution in [0, 0.1) is 10.7 Å². The Labute approximate surface area is 209 Å². The zero-order chi connectivity index (χ0) is 24.5. The Kier molecular flexibility index (Phi) is 6.62. The summed E-state index contributed by atoms with van der Waals surface area (Å²) in [4.78, 5) is 18.1. The van der Waals surface area contributed by atoms with Crippen molar-refractivity contribution in [2.24, 2.45) is 5.92 Å². The Morgan fingerprint density at radius 1 is 1.03 bits per heavy atom. The summed E-state index contributed by atoms with van der Waals surface area (Å²) in [6.45, 7) is 9.22. The van der Waals surface area contributed by atoms with Crippen LogP contribution in [0.15, 0.2) is 53.3 Å². The number of rotatable bonds is 7. The van der Waals surface area contributed by atoms with Gasteiger partial charge in [-0.1, -0.05) is 26.0 Å². The molecular formula is C26H32N6O2S. The van der Waals surface area contributed by atoms with E-state index in [0.717, 1.165) is 43.9 Å². The molecule has 2 aromatic heterocycles. The highest BCUT2D eigenvalue weighted by Crippen LogP contribution is 2.21. The second kappa shape index (κ2) is 9.83. The zero-order valence-electron chi connectivity index (χ0n) is 20.6. The second-order valence-electron chi connectivity index (χ2n) is 9.52. The minimum atomic E-state index is -0.00555. The quantitative estimate of drug-likeness (QED) is 0.363. The van der Waals surface area contributed by atoms with Crippen LogP contribution in [-0.2, 0) is 13.2 Å². The van der Waals surface area contributed by atoms with E-state index in [1.165, 1.54) is 5.69 Å². The summed E-state index contributed by atoms with van der Waals surface area (Å²) in [5, 5.41) is 5.53. The number of piperazine rings is 1. The number of aryl methyl sites for hydroxylation is 1. The second-order valence-corrected chi connectivity index (χ2v) is 9.88. The molecule has 0 unspecified atom stereocenters. The molecule has 0 saturated carbocycles. The highest BCUT2D eigenvalue weighted by Gasteiger charge is 2.20. The van der Waals surface area contributed by atoms with Gasteiger partial charge < -0.3 is 9.64 Å². The monoisotopic (exact) mass is 492 g/mol. The summed E-state index contributed by atoms with van der Waals surface area (Å²) < 4.78 is 11.5. The number of benzene rings is 2. The van der Waals surface area contributed by atoms with Crippen LogP contribution >= 0.6 is 12.2 Å². The fourth-order valence-electron chi connectivity index (χ4n) is 4.68. The van der Waals surface area contributed by atoms with E-state index in [1.54, 1.807) is 11.7 Å². The first kappa shape index (κ1) is 23.6. The molecule has 1 fully saturated rings. The summed E-state index contributed by atoms with van der Waals surface area (Å²) >= 11 is 5.88. The number of para-hydroxylation sites is 1. The van der Waals surface area contributed by atoms with Crippen LogP contribution < -0.4 is 15.2 Å². The van der Waals surface area contributed by atoms with Crippen molar-refractivity contribution in [2.75, 3.05) is 38.2 Å². The van der Waals surface area contributed by atoms with Crippen LogP contribution in [0.1, 0.15) is 20.3 Å². The maximum Gasteiger partial charge on any atom is 0.262 e. The van der Waals surface area contributed by atoms with Crippen molar-refractivity contribution in [1.82, 2.24) is 23.6 Å². The van der Waals surface area contributed by atoms with Gasteiger partial charge in [-0.2, -0.15) is 0 Å². The van der Waals surface area contributed by atoms with Gasteiger partial charge in [0.1, 0.15) is 5.75 Å². The Balaban J connectivity index is 1.42. The van der Waals surface area contributed by atoms with Crippen molar-refractivity contribution in [1.29, 1.82) is 0 Å². The van der Waals surface area contributed by atoms with E-state index in [2.05, 4.69) is 35.8 Å². The third-order valence-electron chi connectivity index (χ3n) is 6.76. The zero-order valence-corrected chi connectivity index (χ0v) is 21.4. The van der Waals surface area contributed by atoms with Gasteiger partial charge in [0.2, 0.25) is 10.5 Å². The van der Waals surface area contributed by atoms with E-state index in [9.17, 15) is 4.79 Å². The van der Waals surface area contributed by atoms with Crippen molar-refractivity contribution in [2.45, 2.75) is 33.5 Å². The number of methoxy groups -OCH3 is 1. The summed E-state index contributed by atoms with van der Waals surface area (Å²) in [7, 11) is 1.69. The van der Waals surface area contributed by atoms with E-state index >= 15 is 0 Å². The van der Waals surface area contributed by atoms with Crippen LogP contribution in [0.5, 0.6) is 5.75 Å². The molecule has 4 aromatic rings. The number of fused-ring (bicyclic) bond motifs is 3. The molecule has 5 rings (SSSR count). The highest BCUT2D eigenvalue weighted by atomic mass is 32.1. The van der Waals surface area contributed by atoms with Crippen LogP contribution in [-0.4, -0.2) is 56.9 Å². The standard InChI is InChI=1S/C26H32N6O2S/c1-19(2)12-13-30-24(33)22-6-4-5-7-23(22)32-25(30)27-31(26(32)35)18-28-14-16-29(17-15-28)20-8-10-21(34-3)11-9-20/h4-11,19H,12-18H2,1-3H3. The molecule has 9 heteroatoms. The third kappa shape index (κ3) is 4.58. The van der Waals surface area contributed by atoms with Gasteiger partial charge in [-0.3, -0.25) is 18.7 Å². The largest absolute Gasteiger partial charge is 0.497 e. The summed E-state index contributed by atoms with van der Waals surface area (Å²) in [5.41, 5.74) is 2.01. The Morgan fingerprint density at radius 2 is 1.74 bits per heavy atom. The minimum Gasteiger partial charge on any atom is -0.497 e. The van der Waals surface area contributed by atoms with Gasteiger partial charge in [-0.25, -0.2) is 4.68 Å². The fourth-order valence-corrected chi connectivity index (χ4v) is 4.96. The maximum atomic E-state index is 13.3. The van der Waals surface area contributed by atoms with E-state index in [1.807, 2.05) is 45.5 Å². The highest BCUT2D eigenvalue weighted by molar-refractivity contribution is 7.71. The van der Waals surface area contributed by atoms with Gasteiger partial charge in [0.15, 0.2) is 0 Å². The number of anilines is 1. The van der Waals surface area contributed by atoms with Crippen LogP contribution in [0.25, 0.3) is 16.7 Å². The first-order chi connectivity index (χ1) is 17.0. The molecule has 2 aromatic carbocycles. The van der Waals surface area contributed by atoms with Crippen molar-refractivity contribution in [3.8, 4) is 5.75 Å². The van der Waals surface area contributed by atoms with Gasteiger partial charge >= 0.3 is 0 Å². The molecule has 3 heterocycles. The van der Waals surface area contributed by atoms with Crippen LogP contribution in [0.4, 0.5) is 5.69 Å². The molecule has 0 aliphatic carbocycles. The molecule has 0 spiro atoms. The van der Waals surface area contributed by atoms with Gasteiger partial charge in [0.25, 0.3) is 5.56 Å². The molecule has 35 heavy (non-hydrogen) atoms. The van der Waals surface area contributed by atoms with Gasteiger partial charge in [-0.15, -0.1) is 5.10 Å². The molecule has 1 aliphatic heterocycles. The first-order valence-electron chi connectivity index (χ1n) is 12.2. The van der Waals surface area contributed by atoms with Crippen molar-refractivity contribution >= 4 is 34.6 Å². The summed E-state index contributed by atoms with van der Waals surface area (Å²) in [5.74, 6) is 1.98. The lowest BCUT2D eigenvalue weighted by Gasteiger charge is -2.35. The van der Waals surface area contributed by atoms with E-state index < -0.39 is 0 Å². The van der Waals surface area contributed by atoms with E-state index in [0.29, 0.717) is 35.1 Å². The molecule has 0 atom stereocenters. The number of hydrogen-bond acceptors (Lipinski definition) is 6. The number of aromatic nitrogens is 4. The molecule has 8 nitrogen and oxygen atoms in total. The normalized spacial score (nSPS) is 14.9. The predicted octanol–water partition coefficient (Wildman–Crippen LogP) is 4.01. The maximum absolute atomic E-state index is 13.3. The van der Waals surface area contributed by atoms with Gasteiger partial charge in [0.05, 0.1) is 24.7 Å². The molecule has 1 saturated heterocycles. The lowest BCUT2D eigenvalue weighted by molar-refractivity contribution is 0.194. The van der Waals surface area contributed by atoms with Crippen molar-refractivity contribution in [3.63, 3.8) is 0 Å². The third-order valence-corrected chi connectivity index (χ3v) is 7.15. The predicted molar refractivity (Wildman–Crippen MR) is 142 cm³/mol. The van der Waals surface area contributed by atoms with Crippen LogP contribution in [0.3, 0.4) is 0 Å². The smallest absolute Gasteiger partial charge is 0.262 e. The summed E-state index contributed by atoms with van der Waals surface area (Å²) in [6, 6.07) is 15.9. The Bertz CT molecular complexity index is 1450. The molecule has 0 bridgehead atoms. The van der Waals surface area contributed by atoms with Crippen molar-refractivity contribution in [3.05, 3.63) is 63.7 Å². The first-order valence-corrected chi connectivity index (χ1v) is 12.6. The topological polar surface area (TPSA) is 59.9 Å². The minimum absolute atomic E-state index is 0.00555. The molecular weight excluding hydrogens is 460 g/mol. The lowest BCUT2D eigenvalue weighted by atomic mass is 10.1. The van der Waals surface area contributed by atoms with Gasteiger partial charge in [0, 0.05) is 38.4 Å². The number of ether oxygens (including phenoxy) is 1. The SMILES string of the molecule is COc1ccc(N2CCN(Cn3nc4n(CCC(C)C)c(=O)c5ccccc5n4c3=S)CC2)cc1. The van der Waals surface area contributed by atoms with Crippen molar-refractivity contribution < 1.29 is 4.74 Å². The van der Waals surface area contributed by atoms with Crippen LogP contribution in [0.2, 0.25) is 0 Å². The average Bonchev–Trinajstić information content (AvgIpc) is 3.20. The number of hydrogen-bond donors (Lipinski definition) is 0. The van der Waals surface area contributed by atoms with E-state index in [4.69, 9.17) is 22.1 Å².